The molecule has 1 aromatic heterocycles. The minimum Gasteiger partial charge on any atom is -0.350 e. The van der Waals surface area contributed by atoms with Crippen LogP contribution in [0.25, 0.3) is 11.4 Å². The number of rotatable bonds is 4. The summed E-state index contributed by atoms with van der Waals surface area (Å²) in [6, 6.07) is 8.72. The summed E-state index contributed by atoms with van der Waals surface area (Å²) >= 11 is 9.86. The van der Waals surface area contributed by atoms with E-state index in [4.69, 9.17) is 11.6 Å². The van der Waals surface area contributed by atoms with Gasteiger partial charge in [-0.1, -0.05) is 11.6 Å². The number of amides is 1. The molecule has 1 aromatic carbocycles. The summed E-state index contributed by atoms with van der Waals surface area (Å²) in [5, 5.41) is 3.35. The Hall–Kier alpha value is -1.59. The van der Waals surface area contributed by atoms with Crippen LogP contribution in [0.1, 0.15) is 10.5 Å². The zero-order chi connectivity index (χ0) is 13.7. The van der Waals surface area contributed by atoms with Crippen molar-refractivity contribution in [3.8, 4) is 11.4 Å². The van der Waals surface area contributed by atoms with Gasteiger partial charge in [0, 0.05) is 29.1 Å². The second-order valence-corrected chi connectivity index (χ2v) is 4.64. The van der Waals surface area contributed by atoms with E-state index in [0.29, 0.717) is 28.8 Å². The van der Waals surface area contributed by atoms with Crippen molar-refractivity contribution in [2.75, 3.05) is 12.3 Å². The van der Waals surface area contributed by atoms with Crippen LogP contribution in [0.4, 0.5) is 0 Å². The molecule has 0 unspecified atom stereocenters. The molecule has 0 saturated heterocycles. The first kappa shape index (κ1) is 13.8. The molecule has 0 fully saturated rings. The van der Waals surface area contributed by atoms with Crippen molar-refractivity contribution in [3.63, 3.8) is 0 Å². The average molecular weight is 294 g/mol. The van der Waals surface area contributed by atoms with Crippen LogP contribution in [-0.4, -0.2) is 28.2 Å². The highest BCUT2D eigenvalue weighted by atomic mass is 35.5. The molecule has 0 bridgehead atoms. The molecule has 0 aliphatic heterocycles. The summed E-state index contributed by atoms with van der Waals surface area (Å²) in [4.78, 5) is 20.2. The number of benzene rings is 1. The number of hydrogen-bond acceptors (Lipinski definition) is 4. The molecule has 6 heteroatoms. The lowest BCUT2D eigenvalue weighted by Crippen LogP contribution is -2.26. The molecular formula is C13H12ClN3OS. The molecule has 4 nitrogen and oxygen atoms in total. The Morgan fingerprint density at radius 1 is 1.26 bits per heavy atom. The van der Waals surface area contributed by atoms with Gasteiger partial charge in [0.15, 0.2) is 5.82 Å². The van der Waals surface area contributed by atoms with Crippen molar-refractivity contribution in [1.82, 2.24) is 15.3 Å². The topological polar surface area (TPSA) is 54.9 Å². The molecule has 1 amide bonds. The van der Waals surface area contributed by atoms with Gasteiger partial charge in [0.1, 0.15) is 5.69 Å². The van der Waals surface area contributed by atoms with Crippen molar-refractivity contribution in [2.45, 2.75) is 0 Å². The van der Waals surface area contributed by atoms with Crippen LogP contribution < -0.4 is 5.32 Å². The van der Waals surface area contributed by atoms with Gasteiger partial charge in [0.05, 0.1) is 0 Å². The lowest BCUT2D eigenvalue weighted by atomic mass is 10.2. The Labute approximate surface area is 121 Å². The van der Waals surface area contributed by atoms with E-state index < -0.39 is 0 Å². The van der Waals surface area contributed by atoms with E-state index >= 15 is 0 Å². The van der Waals surface area contributed by atoms with Crippen molar-refractivity contribution in [3.05, 3.63) is 47.2 Å². The normalized spacial score (nSPS) is 10.2. The molecule has 2 rings (SSSR count). The van der Waals surface area contributed by atoms with Gasteiger partial charge in [-0.05, 0) is 30.3 Å². The molecule has 0 aliphatic carbocycles. The second kappa shape index (κ2) is 6.54. The summed E-state index contributed by atoms with van der Waals surface area (Å²) in [6.45, 7) is 0.502. The molecule has 0 radical (unpaired) electrons. The van der Waals surface area contributed by atoms with Gasteiger partial charge in [0.25, 0.3) is 5.91 Å². The largest absolute Gasteiger partial charge is 0.350 e. The van der Waals surface area contributed by atoms with Crippen molar-refractivity contribution < 1.29 is 4.79 Å². The Balaban J connectivity index is 2.24. The fraction of sp³-hybridized carbons (Fsp3) is 0.154. The lowest BCUT2D eigenvalue weighted by molar-refractivity contribution is 0.0951. The maximum Gasteiger partial charge on any atom is 0.270 e. The molecular weight excluding hydrogens is 282 g/mol. The van der Waals surface area contributed by atoms with E-state index in [0.717, 1.165) is 5.56 Å². The van der Waals surface area contributed by atoms with Crippen LogP contribution in [0.15, 0.2) is 36.5 Å². The van der Waals surface area contributed by atoms with Gasteiger partial charge in [-0.2, -0.15) is 12.6 Å². The SMILES string of the molecule is O=C(NCCS)c1ccnc(-c2ccc(Cl)cc2)n1. The first-order chi connectivity index (χ1) is 9.20. The smallest absolute Gasteiger partial charge is 0.270 e. The molecule has 19 heavy (non-hydrogen) atoms. The number of aromatic nitrogens is 2. The monoisotopic (exact) mass is 293 g/mol. The van der Waals surface area contributed by atoms with E-state index in [1.54, 1.807) is 24.4 Å². The number of carbonyl (C=O) groups is 1. The van der Waals surface area contributed by atoms with Crippen LogP contribution in [0, 0.1) is 0 Å². The van der Waals surface area contributed by atoms with Crippen LogP contribution in [-0.2, 0) is 0 Å². The predicted molar refractivity (Wildman–Crippen MR) is 78.7 cm³/mol. The molecule has 1 heterocycles. The molecule has 2 aromatic rings. The van der Waals surface area contributed by atoms with E-state index in [-0.39, 0.29) is 5.91 Å². The fourth-order valence-corrected chi connectivity index (χ4v) is 1.72. The van der Waals surface area contributed by atoms with Crippen LogP contribution in [0.2, 0.25) is 5.02 Å². The van der Waals surface area contributed by atoms with Gasteiger partial charge in [0.2, 0.25) is 0 Å². The Kier molecular flexibility index (Phi) is 4.76. The van der Waals surface area contributed by atoms with Crippen molar-refractivity contribution in [1.29, 1.82) is 0 Å². The summed E-state index contributed by atoms with van der Waals surface area (Å²) in [5.41, 5.74) is 1.15. The number of hydrogen-bond donors (Lipinski definition) is 2. The van der Waals surface area contributed by atoms with Crippen molar-refractivity contribution in [2.24, 2.45) is 0 Å². The van der Waals surface area contributed by atoms with E-state index in [2.05, 4.69) is 27.9 Å². The van der Waals surface area contributed by atoms with Gasteiger partial charge < -0.3 is 5.32 Å². The van der Waals surface area contributed by atoms with Gasteiger partial charge in [-0.25, -0.2) is 9.97 Å². The third kappa shape index (κ3) is 3.68. The number of halogens is 1. The average Bonchev–Trinajstić information content (AvgIpc) is 2.45. The van der Waals surface area contributed by atoms with Crippen molar-refractivity contribution >= 4 is 30.1 Å². The lowest BCUT2D eigenvalue weighted by Gasteiger charge is -2.04. The zero-order valence-electron chi connectivity index (χ0n) is 10.0. The van der Waals surface area contributed by atoms with E-state index in [9.17, 15) is 4.79 Å². The fourth-order valence-electron chi connectivity index (χ4n) is 1.48. The maximum atomic E-state index is 11.8. The Morgan fingerprint density at radius 3 is 2.68 bits per heavy atom. The molecule has 0 atom stereocenters. The minimum atomic E-state index is -0.230. The second-order valence-electron chi connectivity index (χ2n) is 3.75. The third-order valence-electron chi connectivity index (χ3n) is 2.39. The van der Waals surface area contributed by atoms with Gasteiger partial charge in [-0.3, -0.25) is 4.79 Å². The third-order valence-corrected chi connectivity index (χ3v) is 2.86. The van der Waals surface area contributed by atoms with Crippen LogP contribution in [0.3, 0.4) is 0 Å². The first-order valence-electron chi connectivity index (χ1n) is 5.69. The summed E-state index contributed by atoms with van der Waals surface area (Å²) in [7, 11) is 0. The highest BCUT2D eigenvalue weighted by molar-refractivity contribution is 7.80. The van der Waals surface area contributed by atoms with Gasteiger partial charge >= 0.3 is 0 Å². The highest BCUT2D eigenvalue weighted by Crippen LogP contribution is 2.17. The van der Waals surface area contributed by atoms with Gasteiger partial charge in [-0.15, -0.1) is 0 Å². The minimum absolute atomic E-state index is 0.230. The highest BCUT2D eigenvalue weighted by Gasteiger charge is 2.09. The molecule has 98 valence electrons. The Bertz CT molecular complexity index is 574. The summed E-state index contributed by atoms with van der Waals surface area (Å²) < 4.78 is 0. The first-order valence-corrected chi connectivity index (χ1v) is 6.70. The molecule has 0 aliphatic rings. The molecule has 0 spiro atoms. The van der Waals surface area contributed by atoms with E-state index in [1.165, 1.54) is 0 Å². The molecule has 1 N–H and O–H groups in total. The Morgan fingerprint density at radius 2 is 2.00 bits per heavy atom. The van der Waals surface area contributed by atoms with Crippen LogP contribution in [0.5, 0.6) is 0 Å². The standard InChI is InChI=1S/C13H12ClN3OS/c14-10-3-1-9(2-4-10)12-15-6-5-11(17-12)13(18)16-7-8-19/h1-6,19H,7-8H2,(H,16,18). The number of nitrogens with zero attached hydrogens (tertiary/aromatic N) is 2. The zero-order valence-corrected chi connectivity index (χ0v) is 11.7. The predicted octanol–water partition coefficient (Wildman–Crippen LogP) is 2.46. The summed E-state index contributed by atoms with van der Waals surface area (Å²) in [6.07, 6.45) is 1.56. The molecule has 0 saturated carbocycles. The van der Waals surface area contributed by atoms with E-state index in [1.807, 2.05) is 12.1 Å². The maximum absolute atomic E-state index is 11.8. The van der Waals surface area contributed by atoms with Crippen LogP contribution >= 0.6 is 24.2 Å². The number of thiol groups is 1. The summed E-state index contributed by atoms with van der Waals surface area (Å²) in [5.74, 6) is 0.850. The number of carbonyl (C=O) groups excluding carboxylic acids is 1. The number of nitrogens with one attached hydrogen (secondary N) is 1. The quantitative estimate of drug-likeness (QED) is 0.852.